The van der Waals surface area contributed by atoms with E-state index in [0.717, 1.165) is 0 Å². The van der Waals surface area contributed by atoms with Gasteiger partial charge in [0.1, 0.15) is 0 Å². The number of methoxy groups -OCH3 is 1. The summed E-state index contributed by atoms with van der Waals surface area (Å²) in [5.74, 6) is 0.417. The van der Waals surface area contributed by atoms with Crippen LogP contribution in [0.2, 0.25) is 0 Å². The van der Waals surface area contributed by atoms with Crippen molar-refractivity contribution in [2.45, 2.75) is 25.9 Å². The zero-order valence-corrected chi connectivity index (χ0v) is 8.66. The lowest BCUT2D eigenvalue weighted by atomic mass is 10.0. The molecule has 3 N–H and O–H groups in total. The molecular formula is C9H21NO3. The van der Waals surface area contributed by atoms with E-state index in [4.69, 9.17) is 14.9 Å². The van der Waals surface area contributed by atoms with Gasteiger partial charge in [-0.15, -0.1) is 0 Å². The summed E-state index contributed by atoms with van der Waals surface area (Å²) in [5, 5.41) is 20.9. The first-order chi connectivity index (χ1) is 6.15. The molecule has 0 bridgehead atoms. The van der Waals surface area contributed by atoms with Crippen LogP contribution in [0, 0.1) is 5.92 Å². The van der Waals surface area contributed by atoms with E-state index in [0.29, 0.717) is 12.5 Å². The Labute approximate surface area is 79.9 Å². The third-order valence-electron chi connectivity index (χ3n) is 2.04. The molecule has 0 radical (unpaired) electrons. The third kappa shape index (κ3) is 5.21. The zero-order valence-electron chi connectivity index (χ0n) is 8.66. The van der Waals surface area contributed by atoms with Gasteiger partial charge in [0.15, 0.2) is 0 Å². The third-order valence-corrected chi connectivity index (χ3v) is 2.04. The summed E-state index contributed by atoms with van der Waals surface area (Å²) in [6, 6.07) is -0.0724. The number of aliphatic hydroxyl groups excluding tert-OH is 2. The van der Waals surface area contributed by atoms with Crippen LogP contribution in [0.5, 0.6) is 0 Å². The lowest BCUT2D eigenvalue weighted by molar-refractivity contribution is 0.109. The van der Waals surface area contributed by atoms with E-state index in [1.807, 2.05) is 0 Å². The molecule has 80 valence electrons. The normalized spacial score (nSPS) is 14.1. The van der Waals surface area contributed by atoms with Gasteiger partial charge in [0.25, 0.3) is 0 Å². The highest BCUT2D eigenvalue weighted by Gasteiger charge is 2.16. The summed E-state index contributed by atoms with van der Waals surface area (Å²) >= 11 is 0. The topological polar surface area (TPSA) is 61.7 Å². The number of nitrogens with one attached hydrogen (secondary N) is 1. The van der Waals surface area contributed by atoms with Gasteiger partial charge in [-0.1, -0.05) is 13.8 Å². The van der Waals surface area contributed by atoms with Crippen molar-refractivity contribution in [3.05, 3.63) is 0 Å². The van der Waals surface area contributed by atoms with E-state index in [9.17, 15) is 0 Å². The Balaban J connectivity index is 3.91. The van der Waals surface area contributed by atoms with Crippen LogP contribution >= 0.6 is 0 Å². The number of aliphatic hydroxyl groups is 2. The standard InChI is InChI=1S/C9H21NO3/c1-7(2)9(6-13-3)10-8(4-11)5-12/h7-12H,4-6H2,1-3H3. The van der Waals surface area contributed by atoms with Crippen molar-refractivity contribution in [1.82, 2.24) is 5.32 Å². The van der Waals surface area contributed by atoms with Crippen molar-refractivity contribution in [2.24, 2.45) is 5.92 Å². The average Bonchev–Trinajstić information content (AvgIpc) is 2.11. The molecule has 0 aliphatic carbocycles. The Morgan fingerprint density at radius 1 is 1.23 bits per heavy atom. The molecule has 0 aliphatic rings. The quantitative estimate of drug-likeness (QED) is 0.512. The maximum atomic E-state index is 8.86. The van der Waals surface area contributed by atoms with Gasteiger partial charge in [0, 0.05) is 13.2 Å². The summed E-state index contributed by atoms with van der Waals surface area (Å²) in [4.78, 5) is 0. The van der Waals surface area contributed by atoms with Gasteiger partial charge in [0.05, 0.1) is 25.9 Å². The second kappa shape index (κ2) is 7.26. The minimum Gasteiger partial charge on any atom is -0.395 e. The first-order valence-corrected chi connectivity index (χ1v) is 4.62. The fourth-order valence-corrected chi connectivity index (χ4v) is 1.08. The van der Waals surface area contributed by atoms with Gasteiger partial charge in [0.2, 0.25) is 0 Å². The fourth-order valence-electron chi connectivity index (χ4n) is 1.08. The molecule has 0 amide bonds. The summed E-state index contributed by atoms with van der Waals surface area (Å²) in [7, 11) is 1.64. The molecule has 0 saturated heterocycles. The largest absolute Gasteiger partial charge is 0.395 e. The molecule has 0 heterocycles. The van der Waals surface area contributed by atoms with Crippen LogP contribution in [-0.2, 0) is 4.74 Å². The van der Waals surface area contributed by atoms with Crippen LogP contribution in [0.4, 0.5) is 0 Å². The fraction of sp³-hybridized carbons (Fsp3) is 1.00. The van der Waals surface area contributed by atoms with Crippen LogP contribution < -0.4 is 5.32 Å². The van der Waals surface area contributed by atoms with Gasteiger partial charge >= 0.3 is 0 Å². The Bertz CT molecular complexity index is 115. The summed E-state index contributed by atoms with van der Waals surface area (Å²) in [6.45, 7) is 4.63. The molecule has 4 nitrogen and oxygen atoms in total. The molecule has 0 rings (SSSR count). The van der Waals surface area contributed by atoms with Gasteiger partial charge in [-0.25, -0.2) is 0 Å². The smallest absolute Gasteiger partial charge is 0.0618 e. The number of hydrogen-bond donors (Lipinski definition) is 3. The van der Waals surface area contributed by atoms with E-state index in [-0.39, 0.29) is 25.3 Å². The number of rotatable bonds is 7. The minimum absolute atomic E-state index is 0.0521. The maximum absolute atomic E-state index is 8.86. The SMILES string of the molecule is COCC(NC(CO)CO)C(C)C. The molecule has 0 spiro atoms. The van der Waals surface area contributed by atoms with Gasteiger partial charge in [-0.05, 0) is 5.92 Å². The molecule has 0 aromatic carbocycles. The Morgan fingerprint density at radius 3 is 2.08 bits per heavy atom. The minimum atomic E-state index is -0.248. The average molecular weight is 191 g/mol. The molecule has 0 fully saturated rings. The number of hydrogen-bond acceptors (Lipinski definition) is 4. The second-order valence-corrected chi connectivity index (χ2v) is 3.53. The number of ether oxygens (including phenoxy) is 1. The van der Waals surface area contributed by atoms with Crippen LogP contribution in [0.1, 0.15) is 13.8 Å². The van der Waals surface area contributed by atoms with Crippen molar-refractivity contribution in [2.75, 3.05) is 26.9 Å². The van der Waals surface area contributed by atoms with Gasteiger partial charge in [-0.3, -0.25) is 0 Å². The highest BCUT2D eigenvalue weighted by molar-refractivity contribution is 4.75. The predicted octanol–water partition coefficient (Wildman–Crippen LogP) is -0.400. The summed E-state index contributed by atoms with van der Waals surface area (Å²) in [5.41, 5.74) is 0. The molecular weight excluding hydrogens is 170 g/mol. The van der Waals surface area contributed by atoms with Crippen molar-refractivity contribution >= 4 is 0 Å². The van der Waals surface area contributed by atoms with E-state index < -0.39 is 0 Å². The summed E-state index contributed by atoms with van der Waals surface area (Å²) < 4.78 is 5.03. The van der Waals surface area contributed by atoms with Crippen LogP contribution in [0.15, 0.2) is 0 Å². The molecule has 0 aromatic rings. The van der Waals surface area contributed by atoms with Crippen molar-refractivity contribution < 1.29 is 14.9 Å². The predicted molar refractivity (Wildman–Crippen MR) is 51.6 cm³/mol. The second-order valence-electron chi connectivity index (χ2n) is 3.53. The molecule has 13 heavy (non-hydrogen) atoms. The van der Waals surface area contributed by atoms with Crippen LogP contribution in [-0.4, -0.2) is 49.2 Å². The van der Waals surface area contributed by atoms with E-state index >= 15 is 0 Å². The Kier molecular flexibility index (Phi) is 7.17. The van der Waals surface area contributed by atoms with E-state index in [1.165, 1.54) is 0 Å². The van der Waals surface area contributed by atoms with E-state index in [2.05, 4.69) is 19.2 Å². The Hall–Kier alpha value is -0.160. The summed E-state index contributed by atoms with van der Waals surface area (Å²) in [6.07, 6.45) is 0. The lowest BCUT2D eigenvalue weighted by Gasteiger charge is -2.25. The van der Waals surface area contributed by atoms with Crippen LogP contribution in [0.25, 0.3) is 0 Å². The molecule has 0 saturated carbocycles. The maximum Gasteiger partial charge on any atom is 0.0618 e. The molecule has 0 aliphatic heterocycles. The highest BCUT2D eigenvalue weighted by atomic mass is 16.5. The molecule has 1 atom stereocenters. The van der Waals surface area contributed by atoms with Crippen LogP contribution in [0.3, 0.4) is 0 Å². The molecule has 0 aromatic heterocycles. The first-order valence-electron chi connectivity index (χ1n) is 4.62. The highest BCUT2D eigenvalue weighted by Crippen LogP contribution is 2.02. The van der Waals surface area contributed by atoms with Crippen molar-refractivity contribution in [3.8, 4) is 0 Å². The van der Waals surface area contributed by atoms with E-state index in [1.54, 1.807) is 7.11 Å². The van der Waals surface area contributed by atoms with Crippen molar-refractivity contribution in [3.63, 3.8) is 0 Å². The lowest BCUT2D eigenvalue weighted by Crippen LogP contribution is -2.47. The van der Waals surface area contributed by atoms with Crippen molar-refractivity contribution in [1.29, 1.82) is 0 Å². The monoisotopic (exact) mass is 191 g/mol. The Morgan fingerprint density at radius 2 is 1.77 bits per heavy atom. The van der Waals surface area contributed by atoms with Gasteiger partial charge in [-0.2, -0.15) is 0 Å². The van der Waals surface area contributed by atoms with Gasteiger partial charge < -0.3 is 20.3 Å². The molecule has 4 heteroatoms. The molecule has 1 unspecified atom stereocenters. The first kappa shape index (κ1) is 12.8. The zero-order chi connectivity index (χ0) is 10.3.